The summed E-state index contributed by atoms with van der Waals surface area (Å²) in [6.07, 6.45) is 6.48. The lowest BCUT2D eigenvalue weighted by Gasteiger charge is -2.30. The number of aromatic nitrogens is 4. The van der Waals surface area contributed by atoms with Gasteiger partial charge >= 0.3 is 0 Å². The Hall–Kier alpha value is -3.45. The summed E-state index contributed by atoms with van der Waals surface area (Å²) in [6, 6.07) is 15.8. The fraction of sp³-hybridized carbons (Fsp3) is 0.379. The maximum atomic E-state index is 12.7. The summed E-state index contributed by atoms with van der Waals surface area (Å²) >= 11 is 6.49. The minimum absolute atomic E-state index is 0.000833. The van der Waals surface area contributed by atoms with Crippen LogP contribution in [-0.4, -0.2) is 37.7 Å². The number of rotatable bonds is 7. The molecule has 2 aromatic carbocycles. The van der Waals surface area contributed by atoms with Crippen LogP contribution in [-0.2, 0) is 0 Å². The maximum Gasteiger partial charge on any atom is 0.251 e. The molecule has 2 heterocycles. The topological polar surface area (TPSA) is 84.7 Å². The summed E-state index contributed by atoms with van der Waals surface area (Å²) in [7, 11) is 0. The Kier molecular flexibility index (Phi) is 7.42. The Balaban J connectivity index is 1.33. The van der Waals surface area contributed by atoms with Crippen LogP contribution >= 0.6 is 11.6 Å². The molecule has 1 fully saturated rings. The van der Waals surface area contributed by atoms with Gasteiger partial charge in [-0.1, -0.05) is 55.3 Å². The zero-order valence-electron chi connectivity index (χ0n) is 21.5. The molecule has 1 aliphatic carbocycles. The first-order chi connectivity index (χ1) is 17.9. The highest BCUT2D eigenvalue weighted by Crippen LogP contribution is 2.30. The van der Waals surface area contributed by atoms with Crippen LogP contribution in [0, 0.1) is 6.92 Å². The number of carbonyl (C=O) groups is 1. The zero-order valence-corrected chi connectivity index (χ0v) is 22.3. The molecule has 0 aliphatic heterocycles. The van der Waals surface area contributed by atoms with E-state index >= 15 is 0 Å². The third-order valence-electron chi connectivity index (χ3n) is 7.30. The van der Waals surface area contributed by atoms with E-state index in [1.54, 1.807) is 4.68 Å². The standard InChI is InChI=1S/C29H33ClN6O/c1-4-19(3)26-34-27(23-17-31-36(28(23)35-26)25-8-6-5-7-24(25)30)32-21-13-15-22(16-14-21)33-29(37)20-11-9-18(2)10-12-20/h5-12,17,19,21-22H,4,13-16H2,1-3H3,(H,33,37)(H,32,34,35)/t19-,21?,22?/m0/s1. The van der Waals surface area contributed by atoms with Gasteiger partial charge in [-0.2, -0.15) is 5.10 Å². The van der Waals surface area contributed by atoms with Crippen LogP contribution in [0.4, 0.5) is 5.82 Å². The first-order valence-corrected chi connectivity index (χ1v) is 13.5. The zero-order chi connectivity index (χ0) is 25.9. The maximum absolute atomic E-state index is 12.7. The number of halogens is 1. The molecule has 37 heavy (non-hydrogen) atoms. The fourth-order valence-corrected chi connectivity index (χ4v) is 5.00. The van der Waals surface area contributed by atoms with Gasteiger partial charge in [0.2, 0.25) is 0 Å². The SMILES string of the molecule is CC[C@H](C)c1nc(NC2CCC(NC(=O)c3ccc(C)cc3)CC2)c2cnn(-c3ccccc3Cl)c2n1. The van der Waals surface area contributed by atoms with Crippen molar-refractivity contribution in [3.63, 3.8) is 0 Å². The summed E-state index contributed by atoms with van der Waals surface area (Å²) < 4.78 is 1.80. The van der Waals surface area contributed by atoms with Crippen LogP contribution in [0.5, 0.6) is 0 Å². The van der Waals surface area contributed by atoms with Crippen molar-refractivity contribution in [3.8, 4) is 5.69 Å². The summed E-state index contributed by atoms with van der Waals surface area (Å²) in [5.41, 5.74) is 3.40. The first-order valence-electron chi connectivity index (χ1n) is 13.1. The average Bonchev–Trinajstić information content (AvgIpc) is 3.34. The van der Waals surface area contributed by atoms with Crippen molar-refractivity contribution in [1.82, 2.24) is 25.1 Å². The van der Waals surface area contributed by atoms with Crippen LogP contribution < -0.4 is 10.6 Å². The van der Waals surface area contributed by atoms with Crippen LogP contribution in [0.2, 0.25) is 5.02 Å². The average molecular weight is 517 g/mol. The second-order valence-electron chi connectivity index (χ2n) is 10.0. The molecule has 0 bridgehead atoms. The summed E-state index contributed by atoms with van der Waals surface area (Å²) in [6.45, 7) is 6.31. The fourth-order valence-electron chi connectivity index (χ4n) is 4.79. The number of carbonyl (C=O) groups excluding carboxylic acids is 1. The van der Waals surface area contributed by atoms with E-state index in [0.29, 0.717) is 10.6 Å². The lowest BCUT2D eigenvalue weighted by atomic mass is 9.91. The predicted molar refractivity (Wildman–Crippen MR) is 149 cm³/mol. The van der Waals surface area contributed by atoms with Crippen LogP contribution in [0.3, 0.4) is 0 Å². The largest absolute Gasteiger partial charge is 0.367 e. The molecular formula is C29H33ClN6O. The molecule has 0 radical (unpaired) electrons. The molecule has 7 nitrogen and oxygen atoms in total. The molecule has 192 valence electrons. The molecule has 4 aromatic rings. The van der Waals surface area contributed by atoms with E-state index < -0.39 is 0 Å². The molecule has 1 amide bonds. The van der Waals surface area contributed by atoms with E-state index in [0.717, 1.165) is 66.0 Å². The number of nitrogens with one attached hydrogen (secondary N) is 2. The molecule has 0 spiro atoms. The normalized spacial score (nSPS) is 18.5. The highest BCUT2D eigenvalue weighted by molar-refractivity contribution is 6.32. The molecule has 1 aliphatic rings. The number of aryl methyl sites for hydroxylation is 1. The number of hydrogen-bond acceptors (Lipinski definition) is 5. The quantitative estimate of drug-likeness (QED) is 0.295. The van der Waals surface area contributed by atoms with E-state index in [-0.39, 0.29) is 23.9 Å². The Labute approximate surface area is 222 Å². The van der Waals surface area contributed by atoms with Gasteiger partial charge < -0.3 is 10.6 Å². The third kappa shape index (κ3) is 5.47. The number of amides is 1. The number of hydrogen-bond donors (Lipinski definition) is 2. The summed E-state index contributed by atoms with van der Waals surface area (Å²) in [5, 5.41) is 13.0. The number of para-hydroxylation sites is 1. The summed E-state index contributed by atoms with van der Waals surface area (Å²) in [4.78, 5) is 22.5. The van der Waals surface area contributed by atoms with E-state index in [1.807, 2.05) is 61.7 Å². The van der Waals surface area contributed by atoms with Gasteiger partial charge in [0.15, 0.2) is 5.65 Å². The van der Waals surface area contributed by atoms with E-state index in [1.165, 1.54) is 0 Å². The smallest absolute Gasteiger partial charge is 0.251 e. The second kappa shape index (κ2) is 10.9. The minimum Gasteiger partial charge on any atom is -0.367 e. The van der Waals surface area contributed by atoms with Crippen molar-refractivity contribution in [1.29, 1.82) is 0 Å². The first kappa shape index (κ1) is 25.2. The van der Waals surface area contributed by atoms with Gasteiger partial charge in [0.05, 0.1) is 22.3 Å². The lowest BCUT2D eigenvalue weighted by Crippen LogP contribution is -2.40. The van der Waals surface area contributed by atoms with Gasteiger partial charge in [-0.25, -0.2) is 14.6 Å². The van der Waals surface area contributed by atoms with Crippen molar-refractivity contribution < 1.29 is 4.79 Å². The number of nitrogens with zero attached hydrogens (tertiary/aromatic N) is 4. The monoisotopic (exact) mass is 516 g/mol. The van der Waals surface area contributed by atoms with Gasteiger partial charge in [0, 0.05) is 23.6 Å². The Morgan fingerprint density at radius 3 is 2.46 bits per heavy atom. The highest BCUT2D eigenvalue weighted by Gasteiger charge is 2.25. The van der Waals surface area contributed by atoms with Gasteiger partial charge in [-0.05, 0) is 63.3 Å². The second-order valence-corrected chi connectivity index (χ2v) is 10.4. The minimum atomic E-state index is -0.000833. The number of fused-ring (bicyclic) bond motifs is 1. The van der Waals surface area contributed by atoms with Crippen molar-refractivity contribution in [2.24, 2.45) is 0 Å². The van der Waals surface area contributed by atoms with Crippen LogP contribution in [0.15, 0.2) is 54.7 Å². The van der Waals surface area contributed by atoms with Crippen molar-refractivity contribution in [2.75, 3.05) is 5.32 Å². The van der Waals surface area contributed by atoms with Crippen LogP contribution in [0.1, 0.15) is 73.6 Å². The van der Waals surface area contributed by atoms with E-state index in [9.17, 15) is 4.79 Å². The van der Waals surface area contributed by atoms with Crippen molar-refractivity contribution >= 4 is 34.4 Å². The Bertz CT molecular complexity index is 1390. The van der Waals surface area contributed by atoms with Gasteiger partial charge in [-0.3, -0.25) is 4.79 Å². The van der Waals surface area contributed by atoms with Crippen molar-refractivity contribution in [2.45, 2.75) is 70.9 Å². The van der Waals surface area contributed by atoms with Gasteiger partial charge in [0.25, 0.3) is 5.91 Å². The molecule has 1 atom stereocenters. The molecule has 0 unspecified atom stereocenters. The number of benzene rings is 2. The van der Waals surface area contributed by atoms with Gasteiger partial charge in [-0.15, -0.1) is 0 Å². The molecule has 8 heteroatoms. The predicted octanol–water partition coefficient (Wildman–Crippen LogP) is 6.44. The molecule has 2 N–H and O–H groups in total. The highest BCUT2D eigenvalue weighted by atomic mass is 35.5. The van der Waals surface area contributed by atoms with Crippen molar-refractivity contribution in [3.05, 3.63) is 76.7 Å². The van der Waals surface area contributed by atoms with E-state index in [2.05, 4.69) is 29.6 Å². The Morgan fingerprint density at radius 2 is 1.76 bits per heavy atom. The third-order valence-corrected chi connectivity index (χ3v) is 7.62. The molecular weight excluding hydrogens is 484 g/mol. The molecule has 0 saturated heterocycles. The van der Waals surface area contributed by atoms with Crippen LogP contribution in [0.25, 0.3) is 16.7 Å². The van der Waals surface area contributed by atoms with Gasteiger partial charge in [0.1, 0.15) is 11.6 Å². The molecule has 5 rings (SSSR count). The summed E-state index contributed by atoms with van der Waals surface area (Å²) in [5.74, 6) is 1.82. The van der Waals surface area contributed by atoms with E-state index in [4.69, 9.17) is 21.6 Å². The lowest BCUT2D eigenvalue weighted by molar-refractivity contribution is 0.0926. The Morgan fingerprint density at radius 1 is 1.05 bits per heavy atom. The molecule has 1 saturated carbocycles. The molecule has 2 aromatic heterocycles. The number of anilines is 1.